The van der Waals surface area contributed by atoms with Gasteiger partial charge in [-0.05, 0) is 35.1 Å². The second-order valence-corrected chi connectivity index (χ2v) is 15.3. The summed E-state index contributed by atoms with van der Waals surface area (Å²) < 4.78 is 22.9. The number of aliphatic hydroxyl groups is 2. The molecule has 2 saturated heterocycles. The van der Waals surface area contributed by atoms with E-state index in [1.807, 2.05) is 0 Å². The largest absolute Gasteiger partial charge is 0.387 e. The van der Waals surface area contributed by atoms with Crippen molar-refractivity contribution in [2.45, 2.75) is 77.4 Å². The number of benzene rings is 2. The molecule has 4 rings (SSSR count). The average molecular weight is 841 g/mol. The van der Waals surface area contributed by atoms with Gasteiger partial charge in [0.25, 0.3) is 23.6 Å². The van der Waals surface area contributed by atoms with Crippen LogP contribution >= 0.6 is 0 Å². The third kappa shape index (κ3) is 12.5. The van der Waals surface area contributed by atoms with Crippen LogP contribution in [0.4, 0.5) is 0 Å². The summed E-state index contributed by atoms with van der Waals surface area (Å²) in [4.78, 5) is 84.3. The molecule has 0 bridgehead atoms. The third-order valence-corrected chi connectivity index (χ3v) is 10.4. The van der Waals surface area contributed by atoms with Crippen LogP contribution < -0.4 is 21.3 Å². The molecule has 2 aromatic carbocycles. The highest BCUT2D eigenvalue weighted by Crippen LogP contribution is 2.21. The molecule has 2 aliphatic heterocycles. The number of hydrogen-bond donors (Lipinski definition) is 6. The number of amides is 6. The van der Waals surface area contributed by atoms with Crippen molar-refractivity contribution in [1.29, 1.82) is 0 Å². The number of morpholine rings is 2. The fraction of sp³-hybridized carbons (Fsp3) is 0.571. The molecule has 0 aliphatic carbocycles. The molecule has 60 heavy (non-hydrogen) atoms. The van der Waals surface area contributed by atoms with E-state index in [1.54, 1.807) is 86.0 Å². The van der Waals surface area contributed by atoms with E-state index in [1.165, 1.54) is 14.1 Å². The Labute approximate surface area is 350 Å². The lowest BCUT2D eigenvalue weighted by Crippen LogP contribution is -2.60. The zero-order valence-corrected chi connectivity index (χ0v) is 35.2. The van der Waals surface area contributed by atoms with Gasteiger partial charge in [0, 0.05) is 51.4 Å². The van der Waals surface area contributed by atoms with Gasteiger partial charge in [0.2, 0.25) is 11.8 Å². The molecular weight excluding hydrogens is 780 g/mol. The van der Waals surface area contributed by atoms with E-state index in [0.29, 0.717) is 63.7 Å². The van der Waals surface area contributed by atoms with Gasteiger partial charge >= 0.3 is 0 Å². The molecular formula is C42H60N6O12. The number of rotatable bonds is 19. The molecule has 6 N–H and O–H groups in total. The molecule has 6 amide bonds. The van der Waals surface area contributed by atoms with Crippen LogP contribution in [0.5, 0.6) is 0 Å². The smallest absolute Gasteiger partial charge is 0.254 e. The maximum Gasteiger partial charge on any atom is 0.254 e. The zero-order chi connectivity index (χ0) is 43.9. The highest BCUT2D eigenvalue weighted by molar-refractivity contribution is 5.96. The fourth-order valence-electron chi connectivity index (χ4n) is 6.81. The SMILES string of the molecule is CNC(=O)[C@@H](NC(=O)[C@H](OCc1ccccc1C(=O)N1CCOCC1)[C@H](O)[C@@H](O)[C@@H](OCc1ccccc1C(=O)N1CCOCC1)C(=O)N[C@H](C(=O)NC)C(C)C)C(C)C. The van der Waals surface area contributed by atoms with Crippen molar-refractivity contribution < 1.29 is 57.9 Å². The zero-order valence-electron chi connectivity index (χ0n) is 35.2. The van der Waals surface area contributed by atoms with Crippen LogP contribution in [0.2, 0.25) is 0 Å². The molecule has 6 atom stereocenters. The first-order valence-corrected chi connectivity index (χ1v) is 20.2. The topological polar surface area (TPSA) is 234 Å². The molecule has 0 unspecified atom stereocenters. The summed E-state index contributed by atoms with van der Waals surface area (Å²) in [5, 5.41) is 34.1. The van der Waals surface area contributed by atoms with Crippen LogP contribution in [-0.2, 0) is 51.3 Å². The van der Waals surface area contributed by atoms with E-state index in [2.05, 4.69) is 21.3 Å². The second kappa shape index (κ2) is 23.1. The van der Waals surface area contributed by atoms with Crippen LogP contribution in [-0.4, -0.2) is 159 Å². The predicted molar refractivity (Wildman–Crippen MR) is 217 cm³/mol. The summed E-state index contributed by atoms with van der Waals surface area (Å²) in [6.07, 6.45) is -8.32. The standard InChI is InChI=1S/C42H60N6O12/c1-25(2)31(37(51)43-5)45-39(53)35(59-23-27-11-7-9-13-29(27)41(55)47-15-19-57-20-16-47)33(49)34(50)36(40(54)46-32(26(3)4)38(52)44-6)60-24-28-12-8-10-14-30(28)42(56)48-17-21-58-22-18-48/h7-14,25-26,31-36,49-50H,15-24H2,1-6H3,(H,43,51)(H,44,52)(H,45,53)(H,46,54)/t31-,32-,33+,34+,35+,36+/m0/s1. The Morgan fingerprint density at radius 3 is 1.23 bits per heavy atom. The van der Waals surface area contributed by atoms with Crippen molar-refractivity contribution in [3.63, 3.8) is 0 Å². The van der Waals surface area contributed by atoms with Gasteiger partial charge in [-0.15, -0.1) is 0 Å². The number of aliphatic hydroxyl groups excluding tert-OH is 2. The lowest BCUT2D eigenvalue weighted by molar-refractivity contribution is -0.171. The van der Waals surface area contributed by atoms with Gasteiger partial charge in [0.05, 0.1) is 39.6 Å². The minimum Gasteiger partial charge on any atom is -0.387 e. The van der Waals surface area contributed by atoms with E-state index < -0.39 is 85.2 Å². The fourth-order valence-corrected chi connectivity index (χ4v) is 6.81. The Kier molecular flexibility index (Phi) is 18.4. The van der Waals surface area contributed by atoms with Crippen molar-refractivity contribution >= 4 is 35.4 Å². The van der Waals surface area contributed by atoms with Gasteiger partial charge in [-0.1, -0.05) is 64.1 Å². The normalized spacial score (nSPS) is 17.5. The second-order valence-electron chi connectivity index (χ2n) is 15.3. The molecule has 2 aliphatic rings. The molecule has 2 aromatic rings. The summed E-state index contributed by atoms with van der Waals surface area (Å²) in [5.41, 5.74) is 1.27. The Hall–Kier alpha value is -4.98. The molecule has 0 radical (unpaired) electrons. The maximum absolute atomic E-state index is 14.1. The van der Waals surface area contributed by atoms with Gasteiger partial charge in [-0.2, -0.15) is 0 Å². The van der Waals surface area contributed by atoms with Crippen molar-refractivity contribution in [1.82, 2.24) is 31.1 Å². The minimum absolute atomic E-state index is 0.277. The maximum atomic E-state index is 14.1. The van der Waals surface area contributed by atoms with Crippen molar-refractivity contribution in [3.8, 4) is 0 Å². The van der Waals surface area contributed by atoms with Gasteiger partial charge < -0.3 is 60.2 Å². The van der Waals surface area contributed by atoms with Crippen molar-refractivity contribution in [2.75, 3.05) is 66.7 Å². The summed E-state index contributed by atoms with van der Waals surface area (Å²) >= 11 is 0. The molecule has 0 saturated carbocycles. The predicted octanol–water partition coefficient (Wildman–Crippen LogP) is -0.403. The Balaban J connectivity index is 1.70. The number of likely N-dealkylation sites (N-methyl/N-ethyl adjacent to an activating group) is 2. The van der Waals surface area contributed by atoms with E-state index in [9.17, 15) is 39.0 Å². The average Bonchev–Trinajstić information content (AvgIpc) is 3.26. The van der Waals surface area contributed by atoms with E-state index >= 15 is 0 Å². The Bertz CT molecular complexity index is 1650. The van der Waals surface area contributed by atoms with Crippen LogP contribution in [0.1, 0.15) is 59.5 Å². The Morgan fingerprint density at radius 1 is 0.583 bits per heavy atom. The first-order valence-electron chi connectivity index (χ1n) is 20.2. The van der Waals surface area contributed by atoms with Gasteiger partial charge in [-0.3, -0.25) is 28.8 Å². The van der Waals surface area contributed by atoms with Gasteiger partial charge in [0.15, 0.2) is 12.2 Å². The minimum atomic E-state index is -2.21. The van der Waals surface area contributed by atoms with Gasteiger partial charge in [-0.25, -0.2) is 0 Å². The van der Waals surface area contributed by atoms with E-state index in [-0.39, 0.29) is 22.9 Å². The first-order chi connectivity index (χ1) is 28.7. The number of hydrogen-bond acceptors (Lipinski definition) is 12. The number of carbonyl (C=O) groups is 6. The molecule has 18 nitrogen and oxygen atoms in total. The molecule has 2 heterocycles. The number of ether oxygens (including phenoxy) is 4. The van der Waals surface area contributed by atoms with Gasteiger partial charge in [0.1, 0.15) is 24.3 Å². The summed E-state index contributed by atoms with van der Waals surface area (Å²) in [6, 6.07) is 10.9. The number of nitrogens with one attached hydrogen (secondary N) is 4. The molecule has 330 valence electrons. The van der Waals surface area contributed by atoms with Crippen molar-refractivity contribution in [3.05, 3.63) is 70.8 Å². The van der Waals surface area contributed by atoms with E-state index in [0.717, 1.165) is 0 Å². The first kappa shape index (κ1) is 47.7. The van der Waals surface area contributed by atoms with E-state index in [4.69, 9.17) is 18.9 Å². The lowest BCUT2D eigenvalue weighted by Gasteiger charge is -2.33. The van der Waals surface area contributed by atoms with Crippen LogP contribution in [0, 0.1) is 11.8 Å². The van der Waals surface area contributed by atoms with Crippen molar-refractivity contribution in [2.24, 2.45) is 11.8 Å². The summed E-state index contributed by atoms with van der Waals surface area (Å²) in [6.45, 7) is 8.90. The summed E-state index contributed by atoms with van der Waals surface area (Å²) in [5.74, 6) is -4.54. The number of nitrogens with zero attached hydrogens (tertiary/aromatic N) is 2. The highest BCUT2D eigenvalue weighted by atomic mass is 16.5. The molecule has 18 heteroatoms. The summed E-state index contributed by atoms with van der Waals surface area (Å²) in [7, 11) is 2.80. The molecule has 2 fully saturated rings. The monoisotopic (exact) mass is 840 g/mol. The van der Waals surface area contributed by atoms with Crippen LogP contribution in [0.15, 0.2) is 48.5 Å². The highest BCUT2D eigenvalue weighted by Gasteiger charge is 2.43. The van der Waals surface area contributed by atoms with Crippen LogP contribution in [0.25, 0.3) is 0 Å². The lowest BCUT2D eigenvalue weighted by atomic mass is 9.97. The molecule has 0 aromatic heterocycles. The molecule has 0 spiro atoms. The Morgan fingerprint density at radius 2 is 0.917 bits per heavy atom. The third-order valence-electron chi connectivity index (χ3n) is 10.4. The number of carbonyl (C=O) groups excluding carboxylic acids is 6. The quantitative estimate of drug-likeness (QED) is 0.106. The van der Waals surface area contributed by atoms with Crippen LogP contribution in [0.3, 0.4) is 0 Å².